The Kier molecular flexibility index (Phi) is 5.28. The van der Waals surface area contributed by atoms with Crippen LogP contribution in [-0.4, -0.2) is 18.3 Å². The summed E-state index contributed by atoms with van der Waals surface area (Å²) in [7, 11) is 0. The minimum Gasteiger partial charge on any atom is -0.396 e. The molecule has 0 bridgehead atoms. The molecule has 0 fully saturated rings. The minimum atomic E-state index is 0.268. The highest BCUT2D eigenvalue weighted by molar-refractivity contribution is 5.48. The molecule has 0 aliphatic heterocycles. The van der Waals surface area contributed by atoms with Crippen molar-refractivity contribution in [1.29, 1.82) is 5.26 Å². The Morgan fingerprint density at radius 3 is 2.87 bits per heavy atom. The van der Waals surface area contributed by atoms with Gasteiger partial charge in [0, 0.05) is 18.8 Å². The van der Waals surface area contributed by atoms with Gasteiger partial charge in [-0.25, -0.2) is 0 Å². The molecule has 0 amide bonds. The van der Waals surface area contributed by atoms with Crippen molar-refractivity contribution < 1.29 is 5.11 Å². The van der Waals surface area contributed by atoms with Gasteiger partial charge in [-0.15, -0.1) is 0 Å². The van der Waals surface area contributed by atoms with Crippen LogP contribution in [-0.2, 0) is 0 Å². The fourth-order valence-electron chi connectivity index (χ4n) is 1.35. The van der Waals surface area contributed by atoms with E-state index in [2.05, 4.69) is 11.4 Å². The maximum absolute atomic E-state index is 8.70. The zero-order valence-electron chi connectivity index (χ0n) is 8.74. The summed E-state index contributed by atoms with van der Waals surface area (Å²) < 4.78 is 0. The monoisotopic (exact) mass is 204 g/mol. The Balaban J connectivity index is 2.28. The lowest BCUT2D eigenvalue weighted by Crippen LogP contribution is -2.01. The van der Waals surface area contributed by atoms with Gasteiger partial charge in [0.25, 0.3) is 0 Å². The topological polar surface area (TPSA) is 56.0 Å². The maximum Gasteiger partial charge on any atom is 0.0992 e. The zero-order chi connectivity index (χ0) is 10.9. The van der Waals surface area contributed by atoms with E-state index in [9.17, 15) is 0 Å². The number of anilines is 1. The summed E-state index contributed by atoms with van der Waals surface area (Å²) >= 11 is 0. The lowest BCUT2D eigenvalue weighted by molar-refractivity contribution is 0.283. The summed E-state index contributed by atoms with van der Waals surface area (Å²) in [6, 6.07) is 9.55. The van der Waals surface area contributed by atoms with Crippen molar-refractivity contribution in [1.82, 2.24) is 0 Å². The molecule has 0 aliphatic carbocycles. The number of hydrogen-bond acceptors (Lipinski definition) is 3. The molecule has 3 nitrogen and oxygen atoms in total. The smallest absolute Gasteiger partial charge is 0.0992 e. The second-order valence-corrected chi connectivity index (χ2v) is 3.40. The Morgan fingerprint density at radius 2 is 2.13 bits per heavy atom. The number of benzene rings is 1. The third-order valence-corrected chi connectivity index (χ3v) is 2.16. The van der Waals surface area contributed by atoms with E-state index in [1.807, 2.05) is 18.2 Å². The predicted octanol–water partition coefficient (Wildman–Crippen LogP) is 2.13. The molecule has 0 aliphatic rings. The van der Waals surface area contributed by atoms with Crippen molar-refractivity contribution in [3.63, 3.8) is 0 Å². The van der Waals surface area contributed by atoms with Gasteiger partial charge >= 0.3 is 0 Å². The highest BCUT2D eigenvalue weighted by Crippen LogP contribution is 2.09. The Bertz CT molecular complexity index is 331. The fourth-order valence-corrected chi connectivity index (χ4v) is 1.35. The van der Waals surface area contributed by atoms with Crippen LogP contribution in [0.3, 0.4) is 0 Å². The van der Waals surface area contributed by atoms with E-state index in [0.717, 1.165) is 31.5 Å². The molecule has 0 spiro atoms. The van der Waals surface area contributed by atoms with Crippen LogP contribution in [0.4, 0.5) is 5.69 Å². The number of nitrogens with zero attached hydrogens (tertiary/aromatic N) is 1. The molecule has 3 heteroatoms. The molecule has 0 saturated carbocycles. The van der Waals surface area contributed by atoms with Crippen LogP contribution < -0.4 is 5.32 Å². The Labute approximate surface area is 90.4 Å². The summed E-state index contributed by atoms with van der Waals surface area (Å²) in [6.45, 7) is 1.15. The largest absolute Gasteiger partial charge is 0.396 e. The molecule has 1 aromatic carbocycles. The van der Waals surface area contributed by atoms with Gasteiger partial charge in [-0.1, -0.05) is 6.07 Å². The lowest BCUT2D eigenvalue weighted by Gasteiger charge is -2.05. The summed E-state index contributed by atoms with van der Waals surface area (Å²) in [6.07, 6.45) is 2.93. The van der Waals surface area contributed by atoms with Crippen molar-refractivity contribution in [2.75, 3.05) is 18.5 Å². The van der Waals surface area contributed by atoms with Gasteiger partial charge in [-0.05, 0) is 37.5 Å². The van der Waals surface area contributed by atoms with Crippen LogP contribution in [0.5, 0.6) is 0 Å². The molecule has 0 unspecified atom stereocenters. The number of aliphatic hydroxyl groups is 1. The highest BCUT2D eigenvalue weighted by Gasteiger charge is 1.94. The van der Waals surface area contributed by atoms with Gasteiger partial charge in [-0.3, -0.25) is 0 Å². The Morgan fingerprint density at radius 1 is 1.27 bits per heavy atom. The first kappa shape index (κ1) is 11.5. The van der Waals surface area contributed by atoms with Crippen LogP contribution in [0.1, 0.15) is 24.8 Å². The van der Waals surface area contributed by atoms with Gasteiger partial charge < -0.3 is 10.4 Å². The standard InChI is InChI=1S/C12H16N2O/c13-10-11-5-4-6-12(9-11)14-7-2-1-3-8-15/h4-6,9,14-15H,1-3,7-8H2. The average Bonchev–Trinajstić information content (AvgIpc) is 2.29. The molecule has 1 rings (SSSR count). The maximum atomic E-state index is 8.70. The molecule has 80 valence electrons. The van der Waals surface area contributed by atoms with Crippen LogP contribution in [0.25, 0.3) is 0 Å². The molecule has 0 radical (unpaired) electrons. The van der Waals surface area contributed by atoms with Gasteiger partial charge in [-0.2, -0.15) is 5.26 Å². The van der Waals surface area contributed by atoms with Gasteiger partial charge in [0.2, 0.25) is 0 Å². The van der Waals surface area contributed by atoms with E-state index in [-0.39, 0.29) is 6.61 Å². The number of unbranched alkanes of at least 4 members (excludes halogenated alkanes) is 2. The van der Waals surface area contributed by atoms with Gasteiger partial charge in [0.15, 0.2) is 0 Å². The molecule has 0 saturated heterocycles. The first-order valence-corrected chi connectivity index (χ1v) is 5.21. The van der Waals surface area contributed by atoms with Gasteiger partial charge in [0.05, 0.1) is 11.6 Å². The van der Waals surface area contributed by atoms with Crippen LogP contribution in [0.2, 0.25) is 0 Å². The quantitative estimate of drug-likeness (QED) is 0.698. The second-order valence-electron chi connectivity index (χ2n) is 3.40. The van der Waals surface area contributed by atoms with Crippen molar-refractivity contribution in [2.45, 2.75) is 19.3 Å². The van der Waals surface area contributed by atoms with Crippen molar-refractivity contribution in [2.24, 2.45) is 0 Å². The normalized spacial score (nSPS) is 9.60. The van der Waals surface area contributed by atoms with E-state index in [4.69, 9.17) is 10.4 Å². The number of nitriles is 1. The average molecular weight is 204 g/mol. The summed E-state index contributed by atoms with van der Waals surface area (Å²) in [5.41, 5.74) is 1.66. The summed E-state index contributed by atoms with van der Waals surface area (Å²) in [5.74, 6) is 0. The second kappa shape index (κ2) is 6.86. The van der Waals surface area contributed by atoms with E-state index in [0.29, 0.717) is 5.56 Å². The lowest BCUT2D eigenvalue weighted by atomic mass is 10.2. The van der Waals surface area contributed by atoms with Crippen molar-refractivity contribution in [3.8, 4) is 6.07 Å². The molecule has 0 heterocycles. The van der Waals surface area contributed by atoms with Crippen molar-refractivity contribution >= 4 is 5.69 Å². The van der Waals surface area contributed by atoms with E-state index in [1.165, 1.54) is 0 Å². The zero-order valence-corrected chi connectivity index (χ0v) is 8.74. The number of aliphatic hydroxyl groups excluding tert-OH is 1. The molecule has 0 aromatic heterocycles. The van der Waals surface area contributed by atoms with E-state index >= 15 is 0 Å². The first-order chi connectivity index (χ1) is 7.36. The van der Waals surface area contributed by atoms with Gasteiger partial charge in [0.1, 0.15) is 0 Å². The predicted molar refractivity (Wildman–Crippen MR) is 60.6 cm³/mol. The third-order valence-electron chi connectivity index (χ3n) is 2.16. The molecule has 0 atom stereocenters. The molecule has 2 N–H and O–H groups in total. The SMILES string of the molecule is N#Cc1cccc(NCCCCCO)c1. The molecule has 15 heavy (non-hydrogen) atoms. The summed E-state index contributed by atoms with van der Waals surface area (Å²) in [5, 5.41) is 20.5. The molecule has 1 aromatic rings. The Hall–Kier alpha value is -1.53. The van der Waals surface area contributed by atoms with Crippen molar-refractivity contribution in [3.05, 3.63) is 29.8 Å². The molecular formula is C12H16N2O. The van der Waals surface area contributed by atoms with E-state index < -0.39 is 0 Å². The fraction of sp³-hybridized carbons (Fsp3) is 0.417. The van der Waals surface area contributed by atoms with Crippen LogP contribution >= 0.6 is 0 Å². The number of nitrogens with one attached hydrogen (secondary N) is 1. The van der Waals surface area contributed by atoms with Crippen LogP contribution in [0.15, 0.2) is 24.3 Å². The van der Waals surface area contributed by atoms with E-state index in [1.54, 1.807) is 6.07 Å². The molecular weight excluding hydrogens is 188 g/mol. The summed E-state index contributed by atoms with van der Waals surface area (Å²) in [4.78, 5) is 0. The highest BCUT2D eigenvalue weighted by atomic mass is 16.2. The third kappa shape index (κ3) is 4.48. The van der Waals surface area contributed by atoms with Crippen LogP contribution in [0, 0.1) is 11.3 Å². The number of rotatable bonds is 6. The first-order valence-electron chi connectivity index (χ1n) is 5.21. The number of hydrogen-bond donors (Lipinski definition) is 2. The minimum absolute atomic E-state index is 0.268.